The molecule has 0 bridgehead atoms. The molecule has 1 atom stereocenters. The lowest BCUT2D eigenvalue weighted by atomic mass is 10.0. The Labute approximate surface area is 199 Å². The SMILES string of the molecule is Cn1ncc2c(-c3ccc(Cl)cc3F)cc(N3CCOC(c4cnn(C5CC5)c4)C3)nc2c1=O. The molecular weight excluding hydrogens is 459 g/mol. The van der Waals surface area contributed by atoms with Crippen LogP contribution >= 0.6 is 11.6 Å². The fourth-order valence-corrected chi connectivity index (χ4v) is 4.55. The van der Waals surface area contributed by atoms with Gasteiger partial charge >= 0.3 is 0 Å². The topological polar surface area (TPSA) is 78.1 Å². The van der Waals surface area contributed by atoms with Crippen molar-refractivity contribution < 1.29 is 9.13 Å². The van der Waals surface area contributed by atoms with E-state index in [1.54, 1.807) is 25.4 Å². The predicted molar refractivity (Wildman–Crippen MR) is 127 cm³/mol. The first-order valence-corrected chi connectivity index (χ1v) is 11.6. The number of morpholine rings is 1. The average Bonchev–Trinajstić information content (AvgIpc) is 3.57. The molecule has 1 saturated carbocycles. The molecule has 0 radical (unpaired) electrons. The summed E-state index contributed by atoms with van der Waals surface area (Å²) in [5, 5.41) is 9.40. The molecule has 0 spiro atoms. The maximum atomic E-state index is 14.9. The molecule has 8 nitrogen and oxygen atoms in total. The van der Waals surface area contributed by atoms with Gasteiger partial charge in [-0.1, -0.05) is 11.6 Å². The van der Waals surface area contributed by atoms with Gasteiger partial charge in [0.25, 0.3) is 5.56 Å². The zero-order valence-corrected chi connectivity index (χ0v) is 19.2. The van der Waals surface area contributed by atoms with Crippen LogP contribution in [0.3, 0.4) is 0 Å². The van der Waals surface area contributed by atoms with Gasteiger partial charge in [-0.05, 0) is 42.7 Å². The van der Waals surface area contributed by atoms with Crippen molar-refractivity contribution >= 4 is 28.3 Å². The summed E-state index contributed by atoms with van der Waals surface area (Å²) >= 11 is 5.97. The van der Waals surface area contributed by atoms with Gasteiger partial charge in [0.15, 0.2) is 0 Å². The third-order valence-electron chi connectivity index (χ3n) is 6.43. The monoisotopic (exact) mass is 480 g/mol. The maximum Gasteiger partial charge on any atom is 0.293 e. The number of halogens is 2. The van der Waals surface area contributed by atoms with Crippen LogP contribution in [0.2, 0.25) is 5.02 Å². The molecule has 0 N–H and O–H groups in total. The Balaban J connectivity index is 1.43. The second-order valence-corrected chi connectivity index (χ2v) is 9.21. The number of aryl methyl sites for hydroxylation is 1. The number of nitrogens with zero attached hydrogens (tertiary/aromatic N) is 6. The van der Waals surface area contributed by atoms with Crippen LogP contribution in [0, 0.1) is 5.82 Å². The van der Waals surface area contributed by atoms with E-state index in [1.165, 1.54) is 10.7 Å². The summed E-state index contributed by atoms with van der Waals surface area (Å²) in [4.78, 5) is 19.7. The van der Waals surface area contributed by atoms with Gasteiger partial charge < -0.3 is 9.64 Å². The Hall–Kier alpha value is -3.30. The summed E-state index contributed by atoms with van der Waals surface area (Å²) in [5.74, 6) is 0.113. The van der Waals surface area contributed by atoms with E-state index in [-0.39, 0.29) is 17.2 Å². The Bertz CT molecular complexity index is 1460. The highest BCUT2D eigenvalue weighted by Crippen LogP contribution is 2.36. The smallest absolute Gasteiger partial charge is 0.293 e. The molecule has 10 heteroatoms. The quantitative estimate of drug-likeness (QED) is 0.441. The predicted octanol–water partition coefficient (Wildman–Crippen LogP) is 3.90. The minimum Gasteiger partial charge on any atom is -0.370 e. The highest BCUT2D eigenvalue weighted by atomic mass is 35.5. The fraction of sp³-hybridized carbons (Fsp3) is 0.333. The molecule has 2 aliphatic rings. The molecule has 1 aliphatic heterocycles. The molecule has 4 heterocycles. The third-order valence-corrected chi connectivity index (χ3v) is 6.66. The summed E-state index contributed by atoms with van der Waals surface area (Å²) in [6.45, 7) is 1.64. The van der Waals surface area contributed by atoms with E-state index in [1.807, 2.05) is 16.9 Å². The Morgan fingerprint density at radius 2 is 2.00 bits per heavy atom. The van der Waals surface area contributed by atoms with E-state index in [0.717, 1.165) is 18.4 Å². The van der Waals surface area contributed by atoms with Gasteiger partial charge in [0.05, 0.1) is 25.0 Å². The van der Waals surface area contributed by atoms with Crippen LogP contribution in [-0.2, 0) is 11.8 Å². The number of ether oxygens (including phenoxy) is 1. The number of aromatic nitrogens is 5. The number of pyridine rings is 1. The number of fused-ring (bicyclic) bond motifs is 1. The first kappa shape index (κ1) is 21.2. The van der Waals surface area contributed by atoms with Crippen molar-refractivity contribution in [2.24, 2.45) is 7.05 Å². The number of anilines is 1. The molecule has 1 saturated heterocycles. The lowest BCUT2D eigenvalue weighted by Gasteiger charge is -2.33. The van der Waals surface area contributed by atoms with E-state index in [4.69, 9.17) is 21.3 Å². The van der Waals surface area contributed by atoms with Crippen LogP contribution < -0.4 is 10.5 Å². The maximum absolute atomic E-state index is 14.9. The van der Waals surface area contributed by atoms with Crippen molar-refractivity contribution in [3.8, 4) is 11.1 Å². The standard InChI is InChI=1S/C24H22ClFN6O2/c1-30-24(33)23-19(11-27-30)18(17-5-2-15(25)8-20(17)26)9-22(29-23)31-6-7-34-21(13-31)14-10-28-32(12-14)16-3-4-16/h2,5,8-12,16,21H,3-4,6-7,13H2,1H3. The number of hydrogen-bond donors (Lipinski definition) is 0. The Kier molecular flexibility index (Phi) is 5.11. The first-order valence-electron chi connectivity index (χ1n) is 11.2. The highest BCUT2D eigenvalue weighted by Gasteiger charge is 2.29. The molecule has 1 aromatic carbocycles. The van der Waals surface area contributed by atoms with Crippen LogP contribution in [-0.4, -0.2) is 44.2 Å². The minimum absolute atomic E-state index is 0.172. The fourth-order valence-electron chi connectivity index (χ4n) is 4.39. The Morgan fingerprint density at radius 1 is 1.15 bits per heavy atom. The zero-order valence-electron chi connectivity index (χ0n) is 18.5. The molecular formula is C24H22ClFN6O2. The molecule has 1 aliphatic carbocycles. The largest absolute Gasteiger partial charge is 0.370 e. The van der Waals surface area contributed by atoms with Gasteiger partial charge in [-0.15, -0.1) is 0 Å². The van der Waals surface area contributed by atoms with Crippen molar-refractivity contribution in [3.05, 3.63) is 69.6 Å². The van der Waals surface area contributed by atoms with E-state index in [9.17, 15) is 9.18 Å². The average molecular weight is 481 g/mol. The summed E-state index contributed by atoms with van der Waals surface area (Å²) in [7, 11) is 1.57. The molecule has 2 fully saturated rings. The van der Waals surface area contributed by atoms with Crippen LogP contribution in [0.4, 0.5) is 10.2 Å². The Morgan fingerprint density at radius 3 is 2.79 bits per heavy atom. The summed E-state index contributed by atoms with van der Waals surface area (Å²) in [6.07, 6.45) is 7.60. The van der Waals surface area contributed by atoms with E-state index >= 15 is 0 Å². The second kappa shape index (κ2) is 8.18. The molecule has 34 heavy (non-hydrogen) atoms. The normalized spacial score (nSPS) is 18.6. The lowest BCUT2D eigenvalue weighted by molar-refractivity contribution is 0.0395. The van der Waals surface area contributed by atoms with Gasteiger partial charge in [-0.25, -0.2) is 14.1 Å². The van der Waals surface area contributed by atoms with Crippen molar-refractivity contribution in [1.29, 1.82) is 0 Å². The first-order chi connectivity index (χ1) is 16.5. The summed E-state index contributed by atoms with van der Waals surface area (Å²) < 4.78 is 24.2. The molecule has 6 rings (SSSR count). The second-order valence-electron chi connectivity index (χ2n) is 8.78. The van der Waals surface area contributed by atoms with Gasteiger partial charge in [0.1, 0.15) is 23.3 Å². The summed E-state index contributed by atoms with van der Waals surface area (Å²) in [6, 6.07) is 6.81. The zero-order chi connectivity index (χ0) is 23.4. The summed E-state index contributed by atoms with van der Waals surface area (Å²) in [5.41, 5.74) is 1.79. The van der Waals surface area contributed by atoms with Crippen LogP contribution in [0.15, 0.2) is 47.7 Å². The van der Waals surface area contributed by atoms with Gasteiger partial charge in [-0.2, -0.15) is 10.2 Å². The van der Waals surface area contributed by atoms with Crippen molar-refractivity contribution in [3.63, 3.8) is 0 Å². The van der Waals surface area contributed by atoms with Crippen molar-refractivity contribution in [1.82, 2.24) is 24.5 Å². The van der Waals surface area contributed by atoms with Gasteiger partial charge in [-0.3, -0.25) is 9.48 Å². The number of benzene rings is 1. The molecule has 4 aromatic rings. The van der Waals surface area contributed by atoms with Crippen LogP contribution in [0.5, 0.6) is 0 Å². The van der Waals surface area contributed by atoms with Crippen LogP contribution in [0.1, 0.15) is 30.6 Å². The van der Waals surface area contributed by atoms with Crippen molar-refractivity contribution in [2.45, 2.75) is 25.0 Å². The van der Waals surface area contributed by atoms with Gasteiger partial charge in [0, 0.05) is 47.9 Å². The highest BCUT2D eigenvalue weighted by molar-refractivity contribution is 6.30. The van der Waals surface area contributed by atoms with Gasteiger partial charge in [0.2, 0.25) is 0 Å². The van der Waals surface area contributed by atoms with E-state index in [0.29, 0.717) is 53.1 Å². The van der Waals surface area contributed by atoms with Crippen LogP contribution in [0.25, 0.3) is 22.0 Å². The van der Waals surface area contributed by atoms with Crippen molar-refractivity contribution in [2.75, 3.05) is 24.6 Å². The van der Waals surface area contributed by atoms with E-state index < -0.39 is 5.82 Å². The number of rotatable bonds is 4. The minimum atomic E-state index is -0.473. The molecule has 174 valence electrons. The molecule has 0 amide bonds. The molecule has 3 aromatic heterocycles. The molecule has 1 unspecified atom stereocenters. The van der Waals surface area contributed by atoms with E-state index in [2.05, 4.69) is 21.3 Å². The number of hydrogen-bond acceptors (Lipinski definition) is 6. The third kappa shape index (κ3) is 3.74. The lowest BCUT2D eigenvalue weighted by Crippen LogP contribution is -2.39.